The molecule has 2 aromatic rings. The number of alkyl carbamates (subject to hydrolysis) is 1. The van der Waals surface area contributed by atoms with E-state index in [1.54, 1.807) is 4.90 Å². The summed E-state index contributed by atoms with van der Waals surface area (Å²) in [5.74, 6) is -1.65. The molecule has 2 amide bonds. The summed E-state index contributed by atoms with van der Waals surface area (Å²) in [5.41, 5.74) is 4.40. The van der Waals surface area contributed by atoms with Gasteiger partial charge in [-0.05, 0) is 42.1 Å². The van der Waals surface area contributed by atoms with Gasteiger partial charge in [-0.1, -0.05) is 55.5 Å². The molecule has 0 bridgehead atoms. The van der Waals surface area contributed by atoms with E-state index in [9.17, 15) is 19.5 Å². The van der Waals surface area contributed by atoms with Crippen molar-refractivity contribution in [2.75, 3.05) is 32.8 Å². The lowest BCUT2D eigenvalue weighted by atomic mass is 9.98. The van der Waals surface area contributed by atoms with Crippen LogP contribution in [0.3, 0.4) is 0 Å². The molecule has 1 heterocycles. The fraction of sp³-hybridized carbons (Fsp3) is 0.444. The second-order valence-corrected chi connectivity index (χ2v) is 9.08. The van der Waals surface area contributed by atoms with E-state index in [0.29, 0.717) is 6.54 Å². The molecular formula is C27H33N3O5. The molecule has 186 valence electrons. The highest BCUT2D eigenvalue weighted by molar-refractivity contribution is 5.89. The number of carbonyl (C=O) groups is 3. The quantitative estimate of drug-likeness (QED) is 0.573. The molecule has 0 saturated carbocycles. The Morgan fingerprint density at radius 3 is 2.26 bits per heavy atom. The minimum Gasteiger partial charge on any atom is -0.481 e. The summed E-state index contributed by atoms with van der Waals surface area (Å²) in [7, 11) is 0. The summed E-state index contributed by atoms with van der Waals surface area (Å²) in [6.07, 6.45) is -0.453. The van der Waals surface area contributed by atoms with Gasteiger partial charge in [-0.15, -0.1) is 0 Å². The predicted molar refractivity (Wildman–Crippen MR) is 132 cm³/mol. The number of carboxylic acids is 1. The van der Waals surface area contributed by atoms with E-state index >= 15 is 0 Å². The number of hydrogen-bond donors (Lipinski definition) is 2. The lowest BCUT2D eigenvalue weighted by molar-refractivity contribution is -0.143. The Kier molecular flexibility index (Phi) is 7.70. The molecule has 0 aromatic heterocycles. The first-order valence-electron chi connectivity index (χ1n) is 12.3. The number of rotatable bonds is 9. The number of likely N-dealkylation sites (tertiary alicyclic amines) is 1. The topological polar surface area (TPSA) is 99.2 Å². The smallest absolute Gasteiger partial charge is 0.407 e. The average molecular weight is 480 g/mol. The molecule has 2 atom stereocenters. The number of amides is 2. The molecular weight excluding hydrogens is 446 g/mol. The van der Waals surface area contributed by atoms with Crippen molar-refractivity contribution in [2.45, 2.75) is 44.7 Å². The van der Waals surface area contributed by atoms with Crippen LogP contribution in [0.5, 0.6) is 0 Å². The summed E-state index contributed by atoms with van der Waals surface area (Å²) in [6.45, 7) is 7.04. The van der Waals surface area contributed by atoms with E-state index in [2.05, 4.69) is 29.3 Å². The van der Waals surface area contributed by atoms with Crippen LogP contribution in [-0.4, -0.2) is 77.7 Å². The van der Waals surface area contributed by atoms with E-state index in [0.717, 1.165) is 48.3 Å². The second-order valence-electron chi connectivity index (χ2n) is 9.08. The van der Waals surface area contributed by atoms with Gasteiger partial charge < -0.3 is 25.0 Å². The van der Waals surface area contributed by atoms with Crippen LogP contribution in [0.2, 0.25) is 0 Å². The van der Waals surface area contributed by atoms with Crippen LogP contribution >= 0.6 is 0 Å². The monoisotopic (exact) mass is 479 g/mol. The maximum absolute atomic E-state index is 13.3. The van der Waals surface area contributed by atoms with Crippen LogP contribution in [0, 0.1) is 0 Å². The number of aliphatic carboxylic acids is 1. The molecule has 2 aromatic carbocycles. The zero-order chi connectivity index (χ0) is 24.9. The van der Waals surface area contributed by atoms with Gasteiger partial charge in [0.05, 0.1) is 6.42 Å². The normalized spacial score (nSPS) is 17.9. The first-order chi connectivity index (χ1) is 16.9. The van der Waals surface area contributed by atoms with Crippen molar-refractivity contribution >= 4 is 18.0 Å². The van der Waals surface area contributed by atoms with E-state index in [1.807, 2.05) is 43.3 Å². The maximum atomic E-state index is 13.3. The highest BCUT2D eigenvalue weighted by atomic mass is 16.5. The molecule has 4 rings (SSSR count). The van der Waals surface area contributed by atoms with E-state index in [-0.39, 0.29) is 24.5 Å². The fourth-order valence-electron chi connectivity index (χ4n) is 5.31. The van der Waals surface area contributed by atoms with Gasteiger partial charge in [0.15, 0.2) is 0 Å². The molecule has 0 spiro atoms. The zero-order valence-electron chi connectivity index (χ0n) is 20.3. The third-order valence-electron chi connectivity index (χ3n) is 7.07. The van der Waals surface area contributed by atoms with Crippen LogP contribution < -0.4 is 5.32 Å². The van der Waals surface area contributed by atoms with E-state index in [4.69, 9.17) is 4.74 Å². The Morgan fingerprint density at radius 1 is 1.09 bits per heavy atom. The first kappa shape index (κ1) is 24.7. The number of hydrogen-bond acceptors (Lipinski definition) is 5. The van der Waals surface area contributed by atoms with Crippen molar-refractivity contribution in [1.29, 1.82) is 0 Å². The molecule has 2 N–H and O–H groups in total. The molecule has 1 aliphatic heterocycles. The van der Waals surface area contributed by atoms with Crippen LogP contribution in [0.15, 0.2) is 48.5 Å². The first-order valence-corrected chi connectivity index (χ1v) is 12.3. The Bertz CT molecular complexity index is 1040. The summed E-state index contributed by atoms with van der Waals surface area (Å²) < 4.78 is 5.55. The lowest BCUT2D eigenvalue weighted by Gasteiger charge is -2.31. The molecule has 1 saturated heterocycles. The van der Waals surface area contributed by atoms with Gasteiger partial charge in [0.2, 0.25) is 5.91 Å². The van der Waals surface area contributed by atoms with Gasteiger partial charge in [-0.25, -0.2) is 4.79 Å². The number of nitrogens with one attached hydrogen (secondary N) is 1. The summed E-state index contributed by atoms with van der Waals surface area (Å²) in [6, 6.07) is 14.9. The third-order valence-corrected chi connectivity index (χ3v) is 7.07. The minimum absolute atomic E-state index is 0.00746. The second kappa shape index (κ2) is 10.9. The summed E-state index contributed by atoms with van der Waals surface area (Å²) in [5, 5.41) is 11.9. The molecule has 1 fully saturated rings. The standard InChI is InChI=1S/C27H33N3O5/c1-3-29-14-13-18(16-29)30(4-2)26(33)24(15-25(31)32)28-27(34)35-17-23-21-11-7-5-9-19(21)20-10-6-8-12-22(20)23/h5-12,18,23-24H,3-4,13-17H2,1-2H3,(H,28,34)(H,31,32). The minimum atomic E-state index is -1.18. The Hall–Kier alpha value is -3.39. The number of carbonyl (C=O) groups excluding carboxylic acids is 2. The van der Waals surface area contributed by atoms with Crippen molar-refractivity contribution in [3.05, 3.63) is 59.7 Å². The van der Waals surface area contributed by atoms with Crippen molar-refractivity contribution in [3.63, 3.8) is 0 Å². The Labute approximate surface area is 205 Å². The van der Waals surface area contributed by atoms with Gasteiger partial charge in [0.25, 0.3) is 0 Å². The van der Waals surface area contributed by atoms with Crippen LogP contribution in [-0.2, 0) is 14.3 Å². The van der Waals surface area contributed by atoms with Crippen LogP contribution in [0.25, 0.3) is 11.1 Å². The van der Waals surface area contributed by atoms with Crippen LogP contribution in [0.4, 0.5) is 4.79 Å². The van der Waals surface area contributed by atoms with Gasteiger partial charge in [-0.3, -0.25) is 9.59 Å². The SMILES string of the molecule is CCN1CCC(N(CC)C(=O)C(CC(=O)O)NC(=O)OCC2c3ccccc3-c3ccccc32)C1. The lowest BCUT2D eigenvalue weighted by Crippen LogP contribution is -2.53. The molecule has 2 unspecified atom stereocenters. The molecule has 35 heavy (non-hydrogen) atoms. The van der Waals surface area contributed by atoms with Crippen LogP contribution in [0.1, 0.15) is 43.7 Å². The average Bonchev–Trinajstić information content (AvgIpc) is 3.45. The van der Waals surface area contributed by atoms with Crippen molar-refractivity contribution in [2.24, 2.45) is 0 Å². The molecule has 1 aliphatic carbocycles. The highest BCUT2D eigenvalue weighted by Crippen LogP contribution is 2.44. The Balaban J connectivity index is 1.43. The molecule has 8 nitrogen and oxygen atoms in total. The van der Waals surface area contributed by atoms with E-state index in [1.165, 1.54) is 0 Å². The Morgan fingerprint density at radius 2 is 1.71 bits per heavy atom. The number of fused-ring (bicyclic) bond motifs is 3. The molecule has 8 heteroatoms. The maximum Gasteiger partial charge on any atom is 0.407 e. The zero-order valence-corrected chi connectivity index (χ0v) is 20.3. The number of carboxylic acid groups (broad SMARTS) is 1. The number of ether oxygens (including phenoxy) is 1. The van der Waals surface area contributed by atoms with E-state index < -0.39 is 24.5 Å². The third kappa shape index (κ3) is 5.32. The summed E-state index contributed by atoms with van der Waals surface area (Å²) >= 11 is 0. The van der Waals surface area contributed by atoms with Gasteiger partial charge in [-0.2, -0.15) is 0 Å². The van der Waals surface area contributed by atoms with Gasteiger partial charge >= 0.3 is 12.1 Å². The predicted octanol–water partition coefficient (Wildman–Crippen LogP) is 3.31. The molecule has 0 radical (unpaired) electrons. The number of nitrogens with zero attached hydrogens (tertiary/aromatic N) is 2. The van der Waals surface area contributed by atoms with Crippen molar-refractivity contribution < 1.29 is 24.2 Å². The van der Waals surface area contributed by atoms with Gasteiger partial charge in [0, 0.05) is 31.6 Å². The number of benzene rings is 2. The number of likely N-dealkylation sites (N-methyl/N-ethyl adjacent to an activating group) is 2. The van der Waals surface area contributed by atoms with Gasteiger partial charge in [0.1, 0.15) is 12.6 Å². The molecule has 2 aliphatic rings. The fourth-order valence-corrected chi connectivity index (χ4v) is 5.31. The largest absolute Gasteiger partial charge is 0.481 e. The van der Waals surface area contributed by atoms with Crippen molar-refractivity contribution in [1.82, 2.24) is 15.1 Å². The van der Waals surface area contributed by atoms with Crippen molar-refractivity contribution in [3.8, 4) is 11.1 Å². The summed E-state index contributed by atoms with van der Waals surface area (Å²) in [4.78, 5) is 41.5. The highest BCUT2D eigenvalue weighted by Gasteiger charge is 2.35.